The van der Waals surface area contributed by atoms with Crippen LogP contribution in [-0.4, -0.2) is 43.1 Å². The Morgan fingerprint density at radius 1 is 1.33 bits per heavy atom. The van der Waals surface area contributed by atoms with Gasteiger partial charge in [-0.25, -0.2) is 0 Å². The summed E-state index contributed by atoms with van der Waals surface area (Å²) < 4.78 is 0. The first kappa shape index (κ1) is 14.8. The number of rotatable bonds is 7. The molecule has 0 unspecified atom stereocenters. The smallest absolute Gasteiger partial charge is 0.190 e. The van der Waals surface area contributed by atoms with E-state index >= 15 is 0 Å². The Morgan fingerprint density at radius 2 is 2.17 bits per heavy atom. The first-order chi connectivity index (χ1) is 8.86. The fourth-order valence-electron chi connectivity index (χ4n) is 1.50. The molecule has 0 saturated carbocycles. The predicted molar refractivity (Wildman–Crippen MR) is 80.3 cm³/mol. The van der Waals surface area contributed by atoms with Gasteiger partial charge in [0.2, 0.25) is 0 Å². The van der Waals surface area contributed by atoms with E-state index in [-0.39, 0.29) is 0 Å². The lowest BCUT2D eigenvalue weighted by Gasteiger charge is -2.11. The second kappa shape index (κ2) is 9.76. The van der Waals surface area contributed by atoms with Crippen molar-refractivity contribution in [2.24, 2.45) is 4.99 Å². The normalized spacial score (nSPS) is 11.3. The largest absolute Gasteiger partial charge is 0.356 e. The first-order valence-electron chi connectivity index (χ1n) is 6.20. The van der Waals surface area contributed by atoms with Crippen molar-refractivity contribution in [2.75, 3.05) is 32.1 Å². The molecule has 1 aromatic heterocycles. The van der Waals surface area contributed by atoms with Crippen molar-refractivity contribution in [1.82, 2.24) is 15.6 Å². The van der Waals surface area contributed by atoms with Crippen LogP contribution in [0.2, 0.25) is 0 Å². The van der Waals surface area contributed by atoms with Crippen LogP contribution in [0.25, 0.3) is 0 Å². The van der Waals surface area contributed by atoms with Gasteiger partial charge in [-0.1, -0.05) is 6.07 Å². The van der Waals surface area contributed by atoms with Gasteiger partial charge < -0.3 is 10.6 Å². The standard InChI is InChI=1S/C13H22N4S/c1-14-13(16-9-5-11-18-2)17-10-7-12-6-3-4-8-15-12/h3-4,6,8H,5,7,9-11H2,1-2H3,(H2,14,16,17). The van der Waals surface area contributed by atoms with Crippen molar-refractivity contribution in [2.45, 2.75) is 12.8 Å². The lowest BCUT2D eigenvalue weighted by atomic mass is 10.3. The van der Waals surface area contributed by atoms with Crippen LogP contribution in [-0.2, 0) is 6.42 Å². The molecule has 0 bridgehead atoms. The lowest BCUT2D eigenvalue weighted by molar-refractivity contribution is 0.770. The van der Waals surface area contributed by atoms with Crippen LogP contribution in [0.5, 0.6) is 0 Å². The summed E-state index contributed by atoms with van der Waals surface area (Å²) in [5.41, 5.74) is 1.10. The van der Waals surface area contributed by atoms with Gasteiger partial charge in [0.15, 0.2) is 5.96 Å². The molecule has 1 aromatic rings. The highest BCUT2D eigenvalue weighted by atomic mass is 32.2. The summed E-state index contributed by atoms with van der Waals surface area (Å²) in [7, 11) is 1.80. The zero-order valence-electron chi connectivity index (χ0n) is 11.1. The lowest BCUT2D eigenvalue weighted by Crippen LogP contribution is -2.38. The topological polar surface area (TPSA) is 49.3 Å². The predicted octanol–water partition coefficient (Wildman–Crippen LogP) is 1.54. The van der Waals surface area contributed by atoms with E-state index in [1.807, 2.05) is 36.2 Å². The van der Waals surface area contributed by atoms with Crippen LogP contribution in [0, 0.1) is 0 Å². The van der Waals surface area contributed by atoms with E-state index in [1.165, 1.54) is 5.75 Å². The average Bonchev–Trinajstić information content (AvgIpc) is 2.42. The Bertz CT molecular complexity index is 340. The Morgan fingerprint density at radius 3 is 2.83 bits per heavy atom. The van der Waals surface area contributed by atoms with E-state index in [0.29, 0.717) is 0 Å². The minimum atomic E-state index is 0.846. The van der Waals surface area contributed by atoms with E-state index in [4.69, 9.17) is 0 Å². The number of thioether (sulfide) groups is 1. The molecule has 0 aliphatic carbocycles. The highest BCUT2D eigenvalue weighted by molar-refractivity contribution is 7.98. The molecule has 1 heterocycles. The van der Waals surface area contributed by atoms with E-state index < -0.39 is 0 Å². The number of hydrogen-bond acceptors (Lipinski definition) is 3. The second-order valence-electron chi connectivity index (χ2n) is 3.84. The summed E-state index contributed by atoms with van der Waals surface area (Å²) >= 11 is 1.87. The summed E-state index contributed by atoms with van der Waals surface area (Å²) in [5.74, 6) is 2.05. The van der Waals surface area contributed by atoms with Crippen molar-refractivity contribution in [3.05, 3.63) is 30.1 Å². The molecule has 4 nitrogen and oxygen atoms in total. The number of hydrogen-bond donors (Lipinski definition) is 2. The molecule has 0 atom stereocenters. The van der Waals surface area contributed by atoms with Gasteiger partial charge in [0.25, 0.3) is 0 Å². The highest BCUT2D eigenvalue weighted by Crippen LogP contribution is 1.94. The molecule has 0 radical (unpaired) electrons. The summed E-state index contributed by atoms with van der Waals surface area (Å²) in [6, 6.07) is 5.98. The van der Waals surface area contributed by atoms with Gasteiger partial charge in [-0.05, 0) is 30.6 Å². The van der Waals surface area contributed by atoms with Gasteiger partial charge in [-0.2, -0.15) is 11.8 Å². The zero-order valence-corrected chi connectivity index (χ0v) is 12.0. The third-order valence-corrected chi connectivity index (χ3v) is 3.14. The Hall–Kier alpha value is -1.23. The van der Waals surface area contributed by atoms with Gasteiger partial charge in [0.05, 0.1) is 0 Å². The minimum Gasteiger partial charge on any atom is -0.356 e. The Labute approximate surface area is 114 Å². The molecule has 0 spiro atoms. The Balaban J connectivity index is 2.16. The molecule has 18 heavy (non-hydrogen) atoms. The van der Waals surface area contributed by atoms with E-state index in [0.717, 1.165) is 37.6 Å². The van der Waals surface area contributed by atoms with Crippen molar-refractivity contribution in [3.63, 3.8) is 0 Å². The summed E-state index contributed by atoms with van der Waals surface area (Å²) in [4.78, 5) is 8.47. The molecule has 2 N–H and O–H groups in total. The first-order valence-corrected chi connectivity index (χ1v) is 7.59. The van der Waals surface area contributed by atoms with Crippen LogP contribution >= 0.6 is 11.8 Å². The van der Waals surface area contributed by atoms with Gasteiger partial charge in [0.1, 0.15) is 0 Å². The second-order valence-corrected chi connectivity index (χ2v) is 4.83. The highest BCUT2D eigenvalue weighted by Gasteiger charge is 1.97. The van der Waals surface area contributed by atoms with E-state index in [2.05, 4.69) is 26.9 Å². The quantitative estimate of drug-likeness (QED) is 0.446. The molecule has 0 aromatic carbocycles. The number of nitrogens with zero attached hydrogens (tertiary/aromatic N) is 2. The molecule has 0 saturated heterocycles. The summed E-state index contributed by atoms with van der Waals surface area (Å²) in [6.45, 7) is 1.81. The summed E-state index contributed by atoms with van der Waals surface area (Å²) in [6.07, 6.45) is 6.01. The maximum atomic E-state index is 4.28. The van der Waals surface area contributed by atoms with Gasteiger partial charge in [-0.15, -0.1) is 0 Å². The van der Waals surface area contributed by atoms with Gasteiger partial charge >= 0.3 is 0 Å². The maximum Gasteiger partial charge on any atom is 0.190 e. The molecule has 5 heteroatoms. The molecule has 100 valence electrons. The van der Waals surface area contributed by atoms with Crippen LogP contribution in [0.4, 0.5) is 0 Å². The van der Waals surface area contributed by atoms with E-state index in [1.54, 1.807) is 7.05 Å². The fraction of sp³-hybridized carbons (Fsp3) is 0.538. The van der Waals surface area contributed by atoms with Crippen molar-refractivity contribution in [1.29, 1.82) is 0 Å². The molecule has 0 fully saturated rings. The van der Waals surface area contributed by atoms with Crippen molar-refractivity contribution >= 4 is 17.7 Å². The van der Waals surface area contributed by atoms with Crippen LogP contribution in [0.3, 0.4) is 0 Å². The third-order valence-electron chi connectivity index (χ3n) is 2.44. The number of aliphatic imine (C=N–C) groups is 1. The third kappa shape index (κ3) is 6.49. The molecule has 0 aliphatic rings. The average molecular weight is 266 g/mol. The van der Waals surface area contributed by atoms with Gasteiger partial charge in [0, 0.05) is 38.4 Å². The van der Waals surface area contributed by atoms with Crippen molar-refractivity contribution < 1.29 is 0 Å². The molecular formula is C13H22N4S. The number of nitrogens with one attached hydrogen (secondary N) is 2. The van der Waals surface area contributed by atoms with Crippen LogP contribution in [0.15, 0.2) is 29.4 Å². The number of pyridine rings is 1. The number of guanidine groups is 1. The molecule has 1 rings (SSSR count). The van der Waals surface area contributed by atoms with Crippen LogP contribution in [0.1, 0.15) is 12.1 Å². The fourth-order valence-corrected chi connectivity index (χ4v) is 1.93. The molecule has 0 amide bonds. The van der Waals surface area contributed by atoms with E-state index in [9.17, 15) is 0 Å². The van der Waals surface area contributed by atoms with Crippen molar-refractivity contribution in [3.8, 4) is 0 Å². The maximum absolute atomic E-state index is 4.28. The number of aromatic nitrogens is 1. The van der Waals surface area contributed by atoms with Gasteiger partial charge in [-0.3, -0.25) is 9.98 Å². The minimum absolute atomic E-state index is 0.846. The Kier molecular flexibility index (Phi) is 8.04. The SMILES string of the molecule is CN=C(NCCCSC)NCCc1ccccn1. The molecule has 0 aliphatic heterocycles. The molecular weight excluding hydrogens is 244 g/mol. The monoisotopic (exact) mass is 266 g/mol. The summed E-state index contributed by atoms with van der Waals surface area (Å²) in [5, 5.41) is 6.58. The van der Waals surface area contributed by atoms with Crippen LogP contribution < -0.4 is 10.6 Å². The zero-order chi connectivity index (χ0) is 13.1.